The highest BCUT2D eigenvalue weighted by Crippen LogP contribution is 2.26. The van der Waals surface area contributed by atoms with Gasteiger partial charge in [-0.2, -0.15) is 0 Å². The molecule has 1 aromatic carbocycles. The van der Waals surface area contributed by atoms with Gasteiger partial charge in [-0.1, -0.05) is 31.0 Å². The maximum Gasteiger partial charge on any atom is 0.0455 e. The third-order valence-corrected chi connectivity index (χ3v) is 3.17. The van der Waals surface area contributed by atoms with E-state index in [4.69, 9.17) is 17.3 Å². The van der Waals surface area contributed by atoms with E-state index in [2.05, 4.69) is 24.8 Å². The molecule has 0 saturated heterocycles. The Labute approximate surface area is 103 Å². The van der Waals surface area contributed by atoms with Gasteiger partial charge in [0.2, 0.25) is 0 Å². The van der Waals surface area contributed by atoms with E-state index in [1.165, 1.54) is 18.5 Å². The monoisotopic (exact) mass is 240 g/mol. The molecule has 90 valence electrons. The molecule has 3 heteroatoms. The van der Waals surface area contributed by atoms with Gasteiger partial charge in [0.25, 0.3) is 0 Å². The summed E-state index contributed by atoms with van der Waals surface area (Å²) in [7, 11) is 0. The zero-order valence-electron chi connectivity index (χ0n) is 10.2. The Bertz CT molecular complexity index is 326. The average Bonchev–Trinajstić information content (AvgIpc) is 2.28. The standard InChI is InChI=1S/C13H21ClN2/c1-3-4-9-16(10-8-15)13-7-5-6-12(14)11(13)2/h5-7H,3-4,8-10,15H2,1-2H3. The van der Waals surface area contributed by atoms with Crippen molar-refractivity contribution in [2.24, 2.45) is 5.73 Å². The number of anilines is 1. The Morgan fingerprint density at radius 3 is 2.69 bits per heavy atom. The smallest absolute Gasteiger partial charge is 0.0455 e. The highest BCUT2D eigenvalue weighted by Gasteiger charge is 2.09. The minimum atomic E-state index is 0.676. The third kappa shape index (κ3) is 3.39. The fraction of sp³-hybridized carbons (Fsp3) is 0.538. The molecular formula is C13H21ClN2. The number of benzene rings is 1. The molecule has 0 saturated carbocycles. The van der Waals surface area contributed by atoms with Crippen molar-refractivity contribution in [3.8, 4) is 0 Å². The Hall–Kier alpha value is -0.730. The first-order valence-corrected chi connectivity index (χ1v) is 6.28. The molecule has 16 heavy (non-hydrogen) atoms. The first kappa shape index (κ1) is 13.3. The van der Waals surface area contributed by atoms with Gasteiger partial charge < -0.3 is 10.6 Å². The second-order valence-electron chi connectivity index (χ2n) is 4.01. The number of hydrogen-bond donors (Lipinski definition) is 1. The summed E-state index contributed by atoms with van der Waals surface area (Å²) in [6.45, 7) is 6.88. The molecule has 0 spiro atoms. The van der Waals surface area contributed by atoms with Crippen LogP contribution in [0.3, 0.4) is 0 Å². The third-order valence-electron chi connectivity index (χ3n) is 2.76. The molecule has 0 fully saturated rings. The van der Waals surface area contributed by atoms with Gasteiger partial charge in [-0.05, 0) is 31.0 Å². The fourth-order valence-electron chi connectivity index (χ4n) is 1.80. The molecule has 0 bridgehead atoms. The summed E-state index contributed by atoms with van der Waals surface area (Å²) in [6, 6.07) is 6.05. The van der Waals surface area contributed by atoms with Gasteiger partial charge >= 0.3 is 0 Å². The molecule has 2 nitrogen and oxygen atoms in total. The van der Waals surface area contributed by atoms with Gasteiger partial charge in [-0.25, -0.2) is 0 Å². The van der Waals surface area contributed by atoms with E-state index < -0.39 is 0 Å². The lowest BCUT2D eigenvalue weighted by molar-refractivity contribution is 0.714. The molecule has 0 unspecified atom stereocenters. The normalized spacial score (nSPS) is 10.5. The number of unbranched alkanes of at least 4 members (excludes halogenated alkanes) is 1. The van der Waals surface area contributed by atoms with Crippen LogP contribution in [0.15, 0.2) is 18.2 Å². The van der Waals surface area contributed by atoms with Crippen molar-refractivity contribution in [3.63, 3.8) is 0 Å². The van der Waals surface area contributed by atoms with E-state index in [0.717, 1.165) is 23.7 Å². The predicted octanol–water partition coefficient (Wildman–Crippen LogP) is 3.21. The van der Waals surface area contributed by atoms with Crippen LogP contribution in [0.1, 0.15) is 25.3 Å². The minimum Gasteiger partial charge on any atom is -0.370 e. The first-order valence-electron chi connectivity index (χ1n) is 5.90. The maximum atomic E-state index is 6.13. The van der Waals surface area contributed by atoms with Gasteiger partial charge in [-0.3, -0.25) is 0 Å². The molecule has 1 rings (SSSR count). The molecule has 0 radical (unpaired) electrons. The SMILES string of the molecule is CCCCN(CCN)c1cccc(Cl)c1C. The lowest BCUT2D eigenvalue weighted by Crippen LogP contribution is -2.30. The van der Waals surface area contributed by atoms with Gasteiger partial charge in [0, 0.05) is 30.3 Å². The molecule has 0 aromatic heterocycles. The van der Waals surface area contributed by atoms with E-state index in [1.54, 1.807) is 0 Å². The second-order valence-corrected chi connectivity index (χ2v) is 4.42. The largest absolute Gasteiger partial charge is 0.370 e. The number of nitrogens with two attached hydrogens (primary N) is 1. The average molecular weight is 241 g/mol. The quantitative estimate of drug-likeness (QED) is 0.828. The molecule has 1 aromatic rings. The lowest BCUT2D eigenvalue weighted by atomic mass is 10.1. The van der Waals surface area contributed by atoms with Crippen molar-refractivity contribution in [1.29, 1.82) is 0 Å². The van der Waals surface area contributed by atoms with Crippen LogP contribution in [0, 0.1) is 6.92 Å². The molecule has 0 atom stereocenters. The van der Waals surface area contributed by atoms with Crippen LogP contribution in [-0.4, -0.2) is 19.6 Å². The number of halogens is 1. The maximum absolute atomic E-state index is 6.13. The summed E-state index contributed by atoms with van der Waals surface area (Å²) in [5.74, 6) is 0. The molecular weight excluding hydrogens is 220 g/mol. The summed E-state index contributed by atoms with van der Waals surface area (Å²) in [5, 5.41) is 0.830. The summed E-state index contributed by atoms with van der Waals surface area (Å²) >= 11 is 6.13. The molecule has 0 aliphatic carbocycles. The molecule has 0 aliphatic rings. The molecule has 0 amide bonds. The highest BCUT2D eigenvalue weighted by atomic mass is 35.5. The van der Waals surface area contributed by atoms with Crippen LogP contribution in [-0.2, 0) is 0 Å². The van der Waals surface area contributed by atoms with Crippen molar-refractivity contribution < 1.29 is 0 Å². The summed E-state index contributed by atoms with van der Waals surface area (Å²) in [6.07, 6.45) is 2.38. The van der Waals surface area contributed by atoms with Crippen molar-refractivity contribution in [2.45, 2.75) is 26.7 Å². The van der Waals surface area contributed by atoms with Crippen molar-refractivity contribution in [3.05, 3.63) is 28.8 Å². The predicted molar refractivity (Wildman–Crippen MR) is 72.4 cm³/mol. The van der Waals surface area contributed by atoms with Gasteiger partial charge in [0.15, 0.2) is 0 Å². The Balaban J connectivity index is 2.86. The van der Waals surface area contributed by atoms with Crippen LogP contribution < -0.4 is 10.6 Å². The number of hydrogen-bond acceptors (Lipinski definition) is 2. The summed E-state index contributed by atoms with van der Waals surface area (Å²) in [4.78, 5) is 2.32. The van der Waals surface area contributed by atoms with Gasteiger partial charge in [0.1, 0.15) is 0 Å². The lowest BCUT2D eigenvalue weighted by Gasteiger charge is -2.26. The van der Waals surface area contributed by atoms with E-state index >= 15 is 0 Å². The first-order chi connectivity index (χ1) is 7.70. The minimum absolute atomic E-state index is 0.676. The number of rotatable bonds is 6. The van der Waals surface area contributed by atoms with Crippen LogP contribution in [0.4, 0.5) is 5.69 Å². The zero-order valence-corrected chi connectivity index (χ0v) is 10.9. The fourth-order valence-corrected chi connectivity index (χ4v) is 1.97. The molecule has 0 heterocycles. The Kier molecular flexibility index (Phi) is 5.64. The number of nitrogens with zero attached hydrogens (tertiary/aromatic N) is 1. The summed E-state index contributed by atoms with van der Waals surface area (Å²) in [5.41, 5.74) is 8.01. The zero-order chi connectivity index (χ0) is 12.0. The summed E-state index contributed by atoms with van der Waals surface area (Å²) < 4.78 is 0. The van der Waals surface area contributed by atoms with Gasteiger partial charge in [-0.15, -0.1) is 0 Å². The second kappa shape index (κ2) is 6.77. The van der Waals surface area contributed by atoms with E-state index in [9.17, 15) is 0 Å². The van der Waals surface area contributed by atoms with Crippen molar-refractivity contribution >= 4 is 17.3 Å². The van der Waals surface area contributed by atoms with Crippen molar-refractivity contribution in [1.82, 2.24) is 0 Å². The highest BCUT2D eigenvalue weighted by molar-refractivity contribution is 6.31. The van der Waals surface area contributed by atoms with E-state index in [1.807, 2.05) is 12.1 Å². The van der Waals surface area contributed by atoms with Crippen LogP contribution >= 0.6 is 11.6 Å². The van der Waals surface area contributed by atoms with Crippen LogP contribution in [0.25, 0.3) is 0 Å². The van der Waals surface area contributed by atoms with E-state index in [-0.39, 0.29) is 0 Å². The van der Waals surface area contributed by atoms with Crippen LogP contribution in [0.2, 0.25) is 5.02 Å². The van der Waals surface area contributed by atoms with Crippen LogP contribution in [0.5, 0.6) is 0 Å². The Morgan fingerprint density at radius 1 is 1.31 bits per heavy atom. The van der Waals surface area contributed by atoms with E-state index in [0.29, 0.717) is 6.54 Å². The topological polar surface area (TPSA) is 29.3 Å². The molecule has 0 aliphatic heterocycles. The van der Waals surface area contributed by atoms with Crippen molar-refractivity contribution in [2.75, 3.05) is 24.5 Å². The Morgan fingerprint density at radius 2 is 2.06 bits per heavy atom. The van der Waals surface area contributed by atoms with Gasteiger partial charge in [0.05, 0.1) is 0 Å². The molecule has 2 N–H and O–H groups in total.